The predicted molar refractivity (Wildman–Crippen MR) is 100.0 cm³/mol. The van der Waals surface area contributed by atoms with Crippen molar-refractivity contribution >= 4 is 17.4 Å². The van der Waals surface area contributed by atoms with Crippen LogP contribution in [-0.2, 0) is 0 Å². The van der Waals surface area contributed by atoms with Crippen molar-refractivity contribution in [3.8, 4) is 0 Å². The molecule has 1 atom stereocenters. The molecule has 0 fully saturated rings. The monoisotopic (exact) mass is 334 g/mol. The molecule has 3 rings (SSSR count). The van der Waals surface area contributed by atoms with Crippen molar-refractivity contribution < 1.29 is 4.79 Å². The molecule has 24 heavy (non-hydrogen) atoms. The molecule has 1 nitrogen and oxygen atoms in total. The average Bonchev–Trinajstić information content (AvgIpc) is 2.56. The molecule has 0 radical (unpaired) electrons. The summed E-state index contributed by atoms with van der Waals surface area (Å²) in [6.07, 6.45) is 0. The van der Waals surface area contributed by atoms with Gasteiger partial charge in [-0.2, -0.15) is 0 Å². The number of rotatable bonds is 4. The summed E-state index contributed by atoms with van der Waals surface area (Å²) in [6.45, 7) is 4.12. The van der Waals surface area contributed by atoms with E-state index in [1.807, 2.05) is 30.3 Å². The summed E-state index contributed by atoms with van der Waals surface area (Å²) >= 11 is 5.96. The Morgan fingerprint density at radius 2 is 1.38 bits per heavy atom. The molecule has 3 aromatic carbocycles. The van der Waals surface area contributed by atoms with Crippen LogP contribution in [0.3, 0.4) is 0 Å². The van der Waals surface area contributed by atoms with E-state index in [0.29, 0.717) is 10.6 Å². The molecule has 1 unspecified atom stereocenters. The van der Waals surface area contributed by atoms with Crippen molar-refractivity contribution in [1.29, 1.82) is 0 Å². The number of carbonyl (C=O) groups excluding carboxylic acids is 1. The van der Waals surface area contributed by atoms with Crippen LogP contribution in [0.2, 0.25) is 5.02 Å². The lowest BCUT2D eigenvalue weighted by Gasteiger charge is -2.18. The fourth-order valence-corrected chi connectivity index (χ4v) is 3.22. The maximum atomic E-state index is 13.2. The molecule has 0 saturated heterocycles. The van der Waals surface area contributed by atoms with Crippen molar-refractivity contribution in [2.24, 2.45) is 0 Å². The van der Waals surface area contributed by atoms with E-state index in [2.05, 4.69) is 32.0 Å². The number of hydrogen-bond acceptors (Lipinski definition) is 1. The molecule has 0 amide bonds. The van der Waals surface area contributed by atoms with E-state index < -0.39 is 0 Å². The van der Waals surface area contributed by atoms with Crippen LogP contribution in [0.1, 0.15) is 38.5 Å². The molecule has 2 heteroatoms. The van der Waals surface area contributed by atoms with Crippen LogP contribution in [0.25, 0.3) is 0 Å². The van der Waals surface area contributed by atoms with Gasteiger partial charge in [0, 0.05) is 10.6 Å². The Kier molecular flexibility index (Phi) is 4.82. The Hall–Kier alpha value is -2.38. The molecular formula is C22H19ClO. The molecule has 0 bridgehead atoms. The van der Waals surface area contributed by atoms with Crippen LogP contribution in [-0.4, -0.2) is 5.78 Å². The minimum Gasteiger partial charge on any atom is -0.293 e. The SMILES string of the molecule is Cc1cc(C)cc(C(C(=O)c2ccc(Cl)cc2)c2ccccc2)c1. The van der Waals surface area contributed by atoms with E-state index in [1.165, 1.54) is 0 Å². The first kappa shape index (κ1) is 16.5. The van der Waals surface area contributed by atoms with Crippen LogP contribution >= 0.6 is 11.6 Å². The highest BCUT2D eigenvalue weighted by Crippen LogP contribution is 2.30. The van der Waals surface area contributed by atoms with Crippen LogP contribution in [0.4, 0.5) is 0 Å². The first-order valence-electron chi connectivity index (χ1n) is 7.97. The van der Waals surface area contributed by atoms with E-state index in [-0.39, 0.29) is 11.7 Å². The van der Waals surface area contributed by atoms with E-state index in [1.54, 1.807) is 24.3 Å². The lowest BCUT2D eigenvalue weighted by Crippen LogP contribution is -2.15. The third-order valence-corrected chi connectivity index (χ3v) is 4.35. The number of hydrogen-bond donors (Lipinski definition) is 0. The zero-order chi connectivity index (χ0) is 17.1. The number of halogens is 1. The van der Waals surface area contributed by atoms with Gasteiger partial charge in [0.25, 0.3) is 0 Å². The molecule has 0 aliphatic rings. The summed E-state index contributed by atoms with van der Waals surface area (Å²) in [4.78, 5) is 13.2. The highest BCUT2D eigenvalue weighted by Gasteiger charge is 2.24. The third kappa shape index (κ3) is 3.58. The number of Topliss-reactive ketones (excluding diaryl/α,β-unsaturated/α-hetero) is 1. The number of aryl methyl sites for hydroxylation is 2. The zero-order valence-corrected chi connectivity index (χ0v) is 14.5. The highest BCUT2D eigenvalue weighted by molar-refractivity contribution is 6.30. The van der Waals surface area contributed by atoms with Gasteiger partial charge in [-0.15, -0.1) is 0 Å². The highest BCUT2D eigenvalue weighted by atomic mass is 35.5. The van der Waals surface area contributed by atoms with Crippen LogP contribution in [0.15, 0.2) is 72.8 Å². The second-order valence-electron chi connectivity index (χ2n) is 6.14. The molecule has 0 spiro atoms. The first-order valence-corrected chi connectivity index (χ1v) is 8.35. The van der Waals surface area contributed by atoms with E-state index in [4.69, 9.17) is 11.6 Å². The molecule has 0 saturated carbocycles. The van der Waals surface area contributed by atoms with Crippen molar-refractivity contribution in [3.05, 3.63) is 106 Å². The van der Waals surface area contributed by atoms with Gasteiger partial charge in [-0.1, -0.05) is 71.3 Å². The van der Waals surface area contributed by atoms with Crippen LogP contribution in [0.5, 0.6) is 0 Å². The fourth-order valence-electron chi connectivity index (χ4n) is 3.10. The largest absolute Gasteiger partial charge is 0.293 e. The second kappa shape index (κ2) is 7.02. The second-order valence-corrected chi connectivity index (χ2v) is 6.57. The van der Waals surface area contributed by atoms with E-state index in [9.17, 15) is 4.79 Å². The first-order chi connectivity index (χ1) is 11.5. The van der Waals surface area contributed by atoms with Gasteiger partial charge in [0.15, 0.2) is 5.78 Å². The summed E-state index contributed by atoms with van der Waals surface area (Å²) in [5.74, 6) is -0.228. The zero-order valence-electron chi connectivity index (χ0n) is 13.8. The van der Waals surface area contributed by atoms with Crippen molar-refractivity contribution in [1.82, 2.24) is 0 Å². The number of carbonyl (C=O) groups is 1. The van der Waals surface area contributed by atoms with Gasteiger partial charge in [-0.3, -0.25) is 4.79 Å². The number of benzene rings is 3. The Balaban J connectivity index is 2.12. The van der Waals surface area contributed by atoms with Gasteiger partial charge < -0.3 is 0 Å². The predicted octanol–water partition coefficient (Wildman–Crippen LogP) is 5.97. The molecule has 0 aliphatic heterocycles. The van der Waals surface area contributed by atoms with Crippen molar-refractivity contribution in [3.63, 3.8) is 0 Å². The minimum atomic E-state index is -0.314. The van der Waals surface area contributed by atoms with Gasteiger partial charge in [0.2, 0.25) is 0 Å². The number of ketones is 1. The molecule has 0 N–H and O–H groups in total. The van der Waals surface area contributed by atoms with E-state index in [0.717, 1.165) is 22.3 Å². The molecule has 120 valence electrons. The van der Waals surface area contributed by atoms with Gasteiger partial charge in [-0.05, 0) is 49.2 Å². The van der Waals surface area contributed by atoms with Gasteiger partial charge >= 0.3 is 0 Å². The van der Waals surface area contributed by atoms with Gasteiger partial charge in [-0.25, -0.2) is 0 Å². The average molecular weight is 335 g/mol. The fraction of sp³-hybridized carbons (Fsp3) is 0.136. The molecule has 3 aromatic rings. The standard InChI is InChI=1S/C22H19ClO/c1-15-12-16(2)14-19(13-15)21(17-6-4-3-5-7-17)22(24)18-8-10-20(23)11-9-18/h3-14,21H,1-2H3. The van der Waals surface area contributed by atoms with Gasteiger partial charge in [0.05, 0.1) is 5.92 Å². The van der Waals surface area contributed by atoms with E-state index >= 15 is 0 Å². The topological polar surface area (TPSA) is 17.1 Å². The maximum absolute atomic E-state index is 13.2. The smallest absolute Gasteiger partial charge is 0.174 e. The Morgan fingerprint density at radius 3 is 1.96 bits per heavy atom. The van der Waals surface area contributed by atoms with Crippen molar-refractivity contribution in [2.45, 2.75) is 19.8 Å². The van der Waals surface area contributed by atoms with Crippen molar-refractivity contribution in [2.75, 3.05) is 0 Å². The van der Waals surface area contributed by atoms with Crippen LogP contribution in [0, 0.1) is 13.8 Å². The Morgan fingerprint density at radius 1 is 0.792 bits per heavy atom. The van der Waals surface area contributed by atoms with Gasteiger partial charge in [0.1, 0.15) is 0 Å². The molecular weight excluding hydrogens is 316 g/mol. The lowest BCUT2D eigenvalue weighted by atomic mass is 9.83. The van der Waals surface area contributed by atoms with Crippen LogP contribution < -0.4 is 0 Å². The lowest BCUT2D eigenvalue weighted by molar-refractivity contribution is 0.0974. The Bertz CT molecular complexity index is 831. The minimum absolute atomic E-state index is 0.0860. The Labute approximate surface area is 147 Å². The normalized spacial score (nSPS) is 12.0. The molecule has 0 aliphatic carbocycles. The molecule has 0 heterocycles. The maximum Gasteiger partial charge on any atom is 0.174 e. The summed E-state index contributed by atoms with van der Waals surface area (Å²) in [6, 6.07) is 23.4. The third-order valence-electron chi connectivity index (χ3n) is 4.10. The molecule has 0 aromatic heterocycles. The summed E-state index contributed by atoms with van der Waals surface area (Å²) in [7, 11) is 0. The summed E-state index contributed by atoms with van der Waals surface area (Å²) < 4.78 is 0. The summed E-state index contributed by atoms with van der Waals surface area (Å²) in [5, 5.41) is 0.634. The quantitative estimate of drug-likeness (QED) is 0.537. The summed E-state index contributed by atoms with van der Waals surface area (Å²) in [5.41, 5.74) is 5.03.